The largest absolute Gasteiger partial charge is 0.313 e. The first-order valence-corrected chi connectivity index (χ1v) is 8.31. The van der Waals surface area contributed by atoms with Crippen molar-refractivity contribution in [3.05, 3.63) is 20.3 Å². The van der Waals surface area contributed by atoms with E-state index in [1.807, 2.05) is 13.1 Å². The summed E-state index contributed by atoms with van der Waals surface area (Å²) in [5.74, 6) is 0.761. The molecule has 0 saturated carbocycles. The van der Waals surface area contributed by atoms with Gasteiger partial charge in [0, 0.05) is 11.6 Å². The lowest BCUT2D eigenvalue weighted by Gasteiger charge is -2.22. The zero-order valence-electron chi connectivity index (χ0n) is 11.4. The molecule has 1 aromatic rings. The summed E-state index contributed by atoms with van der Waals surface area (Å²) in [7, 11) is 2.00. The summed E-state index contributed by atoms with van der Waals surface area (Å²) < 4.78 is 1.60. The van der Waals surface area contributed by atoms with Crippen LogP contribution in [0.5, 0.6) is 0 Å². The molecule has 1 N–H and O–H groups in total. The lowest BCUT2D eigenvalue weighted by atomic mass is 9.90. The summed E-state index contributed by atoms with van der Waals surface area (Å²) in [6.45, 7) is 4.52. The zero-order chi connectivity index (χ0) is 13.5. The van der Waals surface area contributed by atoms with Gasteiger partial charge in [-0.25, -0.2) is 0 Å². The molecule has 1 rings (SSSR count). The number of halogens is 2. The molecule has 0 aliphatic rings. The van der Waals surface area contributed by atoms with Gasteiger partial charge in [0.25, 0.3) is 0 Å². The minimum atomic E-state index is 0.322. The van der Waals surface area contributed by atoms with Crippen molar-refractivity contribution in [1.29, 1.82) is 0 Å². The van der Waals surface area contributed by atoms with E-state index in [0.29, 0.717) is 6.04 Å². The molecule has 0 bridgehead atoms. The third-order valence-electron chi connectivity index (χ3n) is 3.52. The third-order valence-corrected chi connectivity index (χ3v) is 5.04. The summed E-state index contributed by atoms with van der Waals surface area (Å²) in [6.07, 6.45) is 6.26. The molecule has 1 aromatic heterocycles. The maximum absolute atomic E-state index is 6.24. The number of hydrogen-bond acceptors (Lipinski definition) is 2. The van der Waals surface area contributed by atoms with E-state index in [1.165, 1.54) is 37.0 Å². The average Bonchev–Trinajstić information content (AvgIpc) is 2.69. The number of rotatable bonds is 8. The first-order chi connectivity index (χ1) is 8.62. The van der Waals surface area contributed by atoms with Crippen molar-refractivity contribution in [2.24, 2.45) is 5.92 Å². The highest BCUT2D eigenvalue weighted by Gasteiger charge is 2.19. The smallest absolute Gasteiger partial charge is 0.0991 e. The second-order valence-corrected chi connectivity index (χ2v) is 7.06. The highest BCUT2D eigenvalue weighted by atomic mass is 35.5. The molecule has 2 atom stereocenters. The van der Waals surface area contributed by atoms with Crippen LogP contribution in [0.3, 0.4) is 0 Å². The van der Waals surface area contributed by atoms with E-state index in [9.17, 15) is 0 Å². The Balaban J connectivity index is 2.68. The molecule has 0 spiro atoms. The Bertz CT molecular complexity index is 352. The van der Waals surface area contributed by atoms with Crippen molar-refractivity contribution in [2.45, 2.75) is 52.0 Å². The standard InChI is InChI=1S/C14H23Cl2NS/c1-4-6-7-10(5-2)8-12(17-3)11-9-13(15)18-14(11)16/h9-10,12,17H,4-8H2,1-3H3. The quantitative estimate of drug-likeness (QED) is 0.628. The van der Waals surface area contributed by atoms with Gasteiger partial charge < -0.3 is 5.32 Å². The summed E-state index contributed by atoms with van der Waals surface area (Å²) >= 11 is 13.7. The van der Waals surface area contributed by atoms with E-state index in [0.717, 1.165) is 26.6 Å². The van der Waals surface area contributed by atoms with Gasteiger partial charge in [-0.15, -0.1) is 11.3 Å². The molecular weight excluding hydrogens is 285 g/mol. The number of thiophene rings is 1. The van der Waals surface area contributed by atoms with Crippen LogP contribution < -0.4 is 5.32 Å². The summed E-state index contributed by atoms with van der Waals surface area (Å²) in [6, 6.07) is 2.32. The van der Waals surface area contributed by atoms with Gasteiger partial charge in [0.05, 0.1) is 8.67 Å². The van der Waals surface area contributed by atoms with E-state index in [-0.39, 0.29) is 0 Å². The Morgan fingerprint density at radius 3 is 2.50 bits per heavy atom. The molecule has 18 heavy (non-hydrogen) atoms. The Morgan fingerprint density at radius 2 is 2.06 bits per heavy atom. The van der Waals surface area contributed by atoms with E-state index in [1.54, 1.807) is 0 Å². The molecule has 0 saturated heterocycles. The van der Waals surface area contributed by atoms with Gasteiger partial charge in [-0.2, -0.15) is 0 Å². The predicted octanol–water partition coefficient (Wildman–Crippen LogP) is 5.92. The van der Waals surface area contributed by atoms with Crippen LogP contribution in [0.15, 0.2) is 6.07 Å². The average molecular weight is 308 g/mol. The second kappa shape index (κ2) is 8.42. The highest BCUT2D eigenvalue weighted by molar-refractivity contribution is 7.20. The zero-order valence-corrected chi connectivity index (χ0v) is 13.8. The van der Waals surface area contributed by atoms with Gasteiger partial charge in [-0.05, 0) is 25.5 Å². The fraction of sp³-hybridized carbons (Fsp3) is 0.714. The van der Waals surface area contributed by atoms with Crippen LogP contribution in [-0.2, 0) is 0 Å². The Hall–Kier alpha value is 0.240. The molecule has 4 heteroatoms. The molecule has 0 aliphatic carbocycles. The van der Waals surface area contributed by atoms with Gasteiger partial charge in [-0.3, -0.25) is 0 Å². The van der Waals surface area contributed by atoms with Crippen LogP contribution in [0.25, 0.3) is 0 Å². The van der Waals surface area contributed by atoms with Crippen molar-refractivity contribution < 1.29 is 0 Å². The normalized spacial score (nSPS) is 14.7. The molecule has 0 amide bonds. The van der Waals surface area contributed by atoms with E-state index in [4.69, 9.17) is 23.2 Å². The van der Waals surface area contributed by atoms with Gasteiger partial charge >= 0.3 is 0 Å². The maximum atomic E-state index is 6.24. The van der Waals surface area contributed by atoms with E-state index >= 15 is 0 Å². The first kappa shape index (κ1) is 16.3. The third kappa shape index (κ3) is 4.73. The fourth-order valence-corrected chi connectivity index (χ4v) is 3.88. The van der Waals surface area contributed by atoms with Gasteiger partial charge in [-0.1, -0.05) is 62.7 Å². The fourth-order valence-electron chi connectivity index (χ4n) is 2.31. The topological polar surface area (TPSA) is 12.0 Å². The molecule has 0 radical (unpaired) electrons. The molecule has 0 aromatic carbocycles. The van der Waals surface area contributed by atoms with Crippen LogP contribution in [-0.4, -0.2) is 7.05 Å². The number of unbranched alkanes of at least 4 members (excludes halogenated alkanes) is 1. The molecule has 2 unspecified atom stereocenters. The van der Waals surface area contributed by atoms with Crippen LogP contribution in [0.1, 0.15) is 57.6 Å². The van der Waals surface area contributed by atoms with Gasteiger partial charge in [0.2, 0.25) is 0 Å². The molecule has 1 nitrogen and oxygen atoms in total. The van der Waals surface area contributed by atoms with Crippen molar-refractivity contribution >= 4 is 34.5 Å². The van der Waals surface area contributed by atoms with Crippen molar-refractivity contribution in [1.82, 2.24) is 5.32 Å². The van der Waals surface area contributed by atoms with Gasteiger partial charge in [0.1, 0.15) is 0 Å². The maximum Gasteiger partial charge on any atom is 0.0991 e. The monoisotopic (exact) mass is 307 g/mol. The first-order valence-electron chi connectivity index (χ1n) is 6.74. The van der Waals surface area contributed by atoms with Crippen molar-refractivity contribution in [3.8, 4) is 0 Å². The van der Waals surface area contributed by atoms with E-state index in [2.05, 4.69) is 19.2 Å². The van der Waals surface area contributed by atoms with Crippen LogP contribution in [0, 0.1) is 5.92 Å². The lowest BCUT2D eigenvalue weighted by molar-refractivity contribution is 0.365. The lowest BCUT2D eigenvalue weighted by Crippen LogP contribution is -2.19. The van der Waals surface area contributed by atoms with Crippen LogP contribution >= 0.6 is 34.5 Å². The summed E-state index contributed by atoms with van der Waals surface area (Å²) in [4.78, 5) is 0. The number of nitrogens with one attached hydrogen (secondary N) is 1. The Morgan fingerprint density at radius 1 is 1.33 bits per heavy atom. The van der Waals surface area contributed by atoms with Crippen LogP contribution in [0.4, 0.5) is 0 Å². The number of hydrogen-bond donors (Lipinski definition) is 1. The van der Waals surface area contributed by atoms with Crippen LogP contribution in [0.2, 0.25) is 8.67 Å². The van der Waals surface area contributed by atoms with Gasteiger partial charge in [0.15, 0.2) is 0 Å². The molecule has 104 valence electrons. The minimum Gasteiger partial charge on any atom is -0.313 e. The molecule has 0 fully saturated rings. The Kier molecular flexibility index (Phi) is 7.62. The second-order valence-electron chi connectivity index (χ2n) is 4.77. The highest BCUT2D eigenvalue weighted by Crippen LogP contribution is 2.37. The van der Waals surface area contributed by atoms with E-state index < -0.39 is 0 Å². The molecule has 0 aliphatic heterocycles. The summed E-state index contributed by atoms with van der Waals surface area (Å²) in [5, 5.41) is 3.38. The van der Waals surface area contributed by atoms with Crippen molar-refractivity contribution in [2.75, 3.05) is 7.05 Å². The predicted molar refractivity (Wildman–Crippen MR) is 84.1 cm³/mol. The van der Waals surface area contributed by atoms with Crippen molar-refractivity contribution in [3.63, 3.8) is 0 Å². The molecular formula is C14H23Cl2NS. The minimum absolute atomic E-state index is 0.322. The molecule has 1 heterocycles. The SMILES string of the molecule is CCCCC(CC)CC(NC)c1cc(Cl)sc1Cl. The summed E-state index contributed by atoms with van der Waals surface area (Å²) in [5.41, 5.74) is 1.16. The Labute approximate surface area is 125 Å².